The molecule has 0 radical (unpaired) electrons. The number of aromatic nitrogens is 3. The molecule has 0 aliphatic heterocycles. The number of amidine groups is 1. The first-order valence-electron chi connectivity index (χ1n) is 6.19. The molecule has 0 aliphatic rings. The molecule has 1 aromatic carbocycles. The van der Waals surface area contributed by atoms with Crippen molar-refractivity contribution in [2.45, 2.75) is 26.7 Å². The van der Waals surface area contributed by atoms with Crippen LogP contribution in [0.1, 0.15) is 31.1 Å². The van der Waals surface area contributed by atoms with Gasteiger partial charge in [0, 0.05) is 23.4 Å². The quantitative estimate of drug-likeness (QED) is 0.688. The van der Waals surface area contributed by atoms with Crippen molar-refractivity contribution < 1.29 is 0 Å². The third-order valence-corrected chi connectivity index (χ3v) is 3.00. The van der Waals surface area contributed by atoms with E-state index in [1.807, 2.05) is 26.0 Å². The monoisotopic (exact) mass is 277 g/mol. The van der Waals surface area contributed by atoms with E-state index in [4.69, 9.17) is 17.3 Å². The Hall–Kier alpha value is -1.88. The van der Waals surface area contributed by atoms with Gasteiger partial charge in [0.1, 0.15) is 0 Å². The first kappa shape index (κ1) is 13.5. The highest BCUT2D eigenvalue weighted by Gasteiger charge is 2.09. The molecule has 1 heterocycles. The van der Waals surface area contributed by atoms with Gasteiger partial charge in [0.05, 0.1) is 0 Å². The van der Waals surface area contributed by atoms with Crippen LogP contribution in [-0.4, -0.2) is 20.7 Å². The average Bonchev–Trinajstić information content (AvgIpc) is 2.81. The summed E-state index contributed by atoms with van der Waals surface area (Å²) in [5.41, 5.74) is 6.84. The zero-order chi connectivity index (χ0) is 13.8. The Morgan fingerprint density at radius 1 is 1.16 bits per heavy atom. The molecule has 2 rings (SSSR count). The third-order valence-electron chi connectivity index (χ3n) is 2.75. The van der Waals surface area contributed by atoms with Crippen LogP contribution in [0.2, 0.25) is 5.02 Å². The number of nitrogens with two attached hydrogens (primary N) is 1. The molecule has 6 heteroatoms. The SMILES string of the molecule is CCc1nnc(CC)n1N=C(N)c1ccc(Cl)cc1. The topological polar surface area (TPSA) is 69.1 Å². The molecule has 100 valence electrons. The Morgan fingerprint density at radius 3 is 2.16 bits per heavy atom. The lowest BCUT2D eigenvalue weighted by atomic mass is 10.2. The van der Waals surface area contributed by atoms with Crippen LogP contribution in [0, 0.1) is 0 Å². The van der Waals surface area contributed by atoms with E-state index in [0.29, 0.717) is 10.9 Å². The summed E-state index contributed by atoms with van der Waals surface area (Å²) in [6.45, 7) is 4.02. The standard InChI is InChI=1S/C13H16ClN5/c1-3-11-16-17-12(4-2)19(11)18-13(15)9-5-7-10(14)8-6-9/h5-8H,3-4H2,1-2H3,(H2,15,18). The van der Waals surface area contributed by atoms with Gasteiger partial charge in [0.2, 0.25) is 0 Å². The summed E-state index contributed by atoms with van der Waals surface area (Å²) in [4.78, 5) is 0. The van der Waals surface area contributed by atoms with Crippen molar-refractivity contribution in [3.63, 3.8) is 0 Å². The Kier molecular flexibility index (Phi) is 4.16. The maximum Gasteiger partial charge on any atom is 0.154 e. The Morgan fingerprint density at radius 2 is 1.68 bits per heavy atom. The van der Waals surface area contributed by atoms with Gasteiger partial charge in [-0.05, 0) is 24.3 Å². The fourth-order valence-corrected chi connectivity index (χ4v) is 1.82. The largest absolute Gasteiger partial charge is 0.382 e. The Bertz CT molecular complexity index is 564. The van der Waals surface area contributed by atoms with Crippen molar-refractivity contribution in [1.29, 1.82) is 0 Å². The third kappa shape index (κ3) is 2.93. The van der Waals surface area contributed by atoms with Crippen molar-refractivity contribution in [2.75, 3.05) is 0 Å². The second-order valence-corrected chi connectivity index (χ2v) is 4.48. The molecular formula is C13H16ClN5. The van der Waals surface area contributed by atoms with E-state index in [0.717, 1.165) is 30.1 Å². The molecule has 0 saturated carbocycles. The second-order valence-electron chi connectivity index (χ2n) is 4.04. The van der Waals surface area contributed by atoms with Gasteiger partial charge in [0.15, 0.2) is 17.5 Å². The smallest absolute Gasteiger partial charge is 0.154 e. The molecule has 0 amide bonds. The summed E-state index contributed by atoms with van der Waals surface area (Å²) in [6.07, 6.45) is 1.51. The van der Waals surface area contributed by atoms with Gasteiger partial charge in [-0.25, -0.2) is 0 Å². The van der Waals surface area contributed by atoms with Crippen LogP contribution in [0.5, 0.6) is 0 Å². The highest BCUT2D eigenvalue weighted by atomic mass is 35.5. The molecule has 19 heavy (non-hydrogen) atoms. The van der Waals surface area contributed by atoms with E-state index < -0.39 is 0 Å². The van der Waals surface area contributed by atoms with Crippen LogP contribution in [0.3, 0.4) is 0 Å². The molecule has 2 aromatic rings. The van der Waals surface area contributed by atoms with Crippen molar-refractivity contribution in [1.82, 2.24) is 14.9 Å². The number of halogens is 1. The predicted octanol–water partition coefficient (Wildman–Crippen LogP) is 2.22. The maximum absolute atomic E-state index is 6.01. The molecule has 0 spiro atoms. The van der Waals surface area contributed by atoms with Gasteiger partial charge in [-0.15, -0.1) is 15.3 Å². The minimum absolute atomic E-state index is 0.417. The number of hydrogen-bond acceptors (Lipinski definition) is 3. The number of hydrogen-bond donors (Lipinski definition) is 1. The second kappa shape index (κ2) is 5.84. The van der Waals surface area contributed by atoms with Gasteiger partial charge in [0.25, 0.3) is 0 Å². The van der Waals surface area contributed by atoms with Crippen molar-refractivity contribution in [3.8, 4) is 0 Å². The van der Waals surface area contributed by atoms with Crippen LogP contribution in [-0.2, 0) is 12.8 Å². The molecular weight excluding hydrogens is 262 g/mol. The number of aryl methyl sites for hydroxylation is 2. The lowest BCUT2D eigenvalue weighted by Gasteiger charge is -2.05. The fraction of sp³-hybridized carbons (Fsp3) is 0.308. The van der Waals surface area contributed by atoms with Crippen LogP contribution in [0.25, 0.3) is 0 Å². The minimum atomic E-state index is 0.417. The molecule has 5 nitrogen and oxygen atoms in total. The molecule has 0 fully saturated rings. The Labute approximate surface area is 117 Å². The fourth-order valence-electron chi connectivity index (χ4n) is 1.69. The van der Waals surface area contributed by atoms with Gasteiger partial charge in [-0.3, -0.25) is 0 Å². The van der Waals surface area contributed by atoms with Crippen LogP contribution in [0.15, 0.2) is 29.4 Å². The van der Waals surface area contributed by atoms with E-state index in [-0.39, 0.29) is 0 Å². The van der Waals surface area contributed by atoms with Crippen LogP contribution in [0.4, 0.5) is 0 Å². The number of benzene rings is 1. The van der Waals surface area contributed by atoms with Crippen molar-refractivity contribution in [2.24, 2.45) is 10.8 Å². The van der Waals surface area contributed by atoms with Gasteiger partial charge >= 0.3 is 0 Å². The molecule has 0 saturated heterocycles. The van der Waals surface area contributed by atoms with E-state index in [2.05, 4.69) is 15.3 Å². The summed E-state index contributed by atoms with van der Waals surface area (Å²) in [5.74, 6) is 2.02. The van der Waals surface area contributed by atoms with E-state index in [9.17, 15) is 0 Å². The van der Waals surface area contributed by atoms with E-state index in [1.54, 1.807) is 16.8 Å². The Balaban J connectivity index is 2.39. The van der Waals surface area contributed by atoms with E-state index >= 15 is 0 Å². The molecule has 0 aliphatic carbocycles. The highest BCUT2D eigenvalue weighted by Crippen LogP contribution is 2.10. The normalized spacial score (nSPS) is 11.8. The highest BCUT2D eigenvalue weighted by molar-refractivity contribution is 6.30. The molecule has 0 bridgehead atoms. The van der Waals surface area contributed by atoms with Crippen molar-refractivity contribution >= 4 is 17.4 Å². The lowest BCUT2D eigenvalue weighted by Crippen LogP contribution is -2.16. The van der Waals surface area contributed by atoms with Crippen LogP contribution >= 0.6 is 11.6 Å². The van der Waals surface area contributed by atoms with Gasteiger partial charge in [-0.2, -0.15) is 4.68 Å². The van der Waals surface area contributed by atoms with E-state index in [1.165, 1.54) is 0 Å². The van der Waals surface area contributed by atoms with Crippen LogP contribution < -0.4 is 5.73 Å². The molecule has 0 atom stereocenters. The number of rotatable bonds is 4. The predicted molar refractivity (Wildman–Crippen MR) is 76.4 cm³/mol. The minimum Gasteiger partial charge on any atom is -0.382 e. The molecule has 0 unspecified atom stereocenters. The van der Waals surface area contributed by atoms with Gasteiger partial charge in [-0.1, -0.05) is 25.4 Å². The summed E-state index contributed by atoms with van der Waals surface area (Å²) in [6, 6.07) is 7.24. The first-order chi connectivity index (χ1) is 9.15. The first-order valence-corrected chi connectivity index (χ1v) is 6.57. The van der Waals surface area contributed by atoms with Gasteiger partial charge < -0.3 is 5.73 Å². The zero-order valence-electron chi connectivity index (χ0n) is 11.0. The zero-order valence-corrected chi connectivity index (χ0v) is 11.7. The number of nitrogens with zero attached hydrogens (tertiary/aromatic N) is 4. The van der Waals surface area contributed by atoms with Crippen molar-refractivity contribution in [3.05, 3.63) is 46.5 Å². The average molecular weight is 278 g/mol. The summed E-state index contributed by atoms with van der Waals surface area (Å²) in [7, 11) is 0. The molecule has 1 aromatic heterocycles. The summed E-state index contributed by atoms with van der Waals surface area (Å²) < 4.78 is 1.71. The summed E-state index contributed by atoms with van der Waals surface area (Å²) >= 11 is 5.85. The summed E-state index contributed by atoms with van der Waals surface area (Å²) in [5, 5.41) is 13.3. The maximum atomic E-state index is 6.01. The lowest BCUT2D eigenvalue weighted by molar-refractivity contribution is 0.737. The molecule has 2 N–H and O–H groups in total.